The summed E-state index contributed by atoms with van der Waals surface area (Å²) >= 11 is 0. The molecule has 0 N–H and O–H groups in total. The fraction of sp³-hybridized carbons (Fsp3) is 0.526. The minimum Gasteiger partial charge on any atom is -0.341 e. The summed E-state index contributed by atoms with van der Waals surface area (Å²) in [4.78, 5) is 42.3. The maximum atomic E-state index is 12.9. The van der Waals surface area contributed by atoms with Crippen molar-refractivity contribution in [2.45, 2.75) is 25.7 Å². The predicted octanol–water partition coefficient (Wildman–Crippen LogP) is 1.29. The first kappa shape index (κ1) is 16.1. The van der Waals surface area contributed by atoms with E-state index in [0.29, 0.717) is 31.6 Å². The van der Waals surface area contributed by atoms with Crippen molar-refractivity contribution < 1.29 is 14.4 Å². The molecule has 6 heteroatoms. The molecule has 4 rings (SSSR count). The summed E-state index contributed by atoms with van der Waals surface area (Å²) in [5.41, 5.74) is 2.43. The van der Waals surface area contributed by atoms with Crippen LogP contribution >= 0.6 is 0 Å². The number of carbonyl (C=O) groups excluding carboxylic acids is 3. The largest absolute Gasteiger partial charge is 0.341 e. The Morgan fingerprint density at radius 1 is 1.04 bits per heavy atom. The minimum atomic E-state index is -0.00878. The number of nitrogens with zero attached hydrogens (tertiary/aromatic N) is 3. The summed E-state index contributed by atoms with van der Waals surface area (Å²) < 4.78 is 0. The average molecular weight is 341 g/mol. The minimum absolute atomic E-state index is 0.00878. The van der Waals surface area contributed by atoms with E-state index in [1.54, 1.807) is 18.0 Å². The van der Waals surface area contributed by atoms with Crippen LogP contribution in [0.1, 0.15) is 35.2 Å². The predicted molar refractivity (Wildman–Crippen MR) is 93.4 cm³/mol. The third-order valence-corrected chi connectivity index (χ3v) is 5.42. The Morgan fingerprint density at radius 2 is 1.76 bits per heavy atom. The van der Waals surface area contributed by atoms with Crippen molar-refractivity contribution in [3.63, 3.8) is 0 Å². The fourth-order valence-electron chi connectivity index (χ4n) is 3.72. The van der Waals surface area contributed by atoms with Crippen molar-refractivity contribution in [1.29, 1.82) is 0 Å². The highest BCUT2D eigenvalue weighted by Gasteiger charge is 2.34. The van der Waals surface area contributed by atoms with Crippen molar-refractivity contribution in [2.24, 2.45) is 5.92 Å². The smallest absolute Gasteiger partial charge is 0.253 e. The molecule has 3 amide bonds. The Balaban J connectivity index is 1.45. The van der Waals surface area contributed by atoms with Crippen LogP contribution in [0.3, 0.4) is 0 Å². The van der Waals surface area contributed by atoms with E-state index in [2.05, 4.69) is 0 Å². The van der Waals surface area contributed by atoms with Crippen molar-refractivity contribution >= 4 is 23.4 Å². The number of rotatable bonds is 2. The lowest BCUT2D eigenvalue weighted by Crippen LogP contribution is -2.38. The summed E-state index contributed by atoms with van der Waals surface area (Å²) in [6.07, 6.45) is 3.20. The molecule has 2 heterocycles. The standard InChI is InChI=1S/C19H23N3O3/c1-20-16-6-5-14(11-15(16)12-17(20)23)19(25)22-8-2-7-21(9-10-22)18(24)13-3-4-13/h5-6,11,13H,2-4,7-10,12H2,1H3. The van der Waals surface area contributed by atoms with Gasteiger partial charge in [-0.3, -0.25) is 14.4 Å². The molecule has 0 radical (unpaired) electrons. The molecule has 0 atom stereocenters. The van der Waals surface area contributed by atoms with Gasteiger partial charge in [-0.2, -0.15) is 0 Å². The van der Waals surface area contributed by atoms with Crippen LogP contribution in [0, 0.1) is 5.92 Å². The van der Waals surface area contributed by atoms with E-state index in [1.165, 1.54) is 0 Å². The lowest BCUT2D eigenvalue weighted by atomic mass is 10.1. The molecule has 1 aromatic rings. The number of hydrogen-bond acceptors (Lipinski definition) is 3. The summed E-state index contributed by atoms with van der Waals surface area (Å²) in [5, 5.41) is 0. The second kappa shape index (κ2) is 6.17. The molecule has 25 heavy (non-hydrogen) atoms. The van der Waals surface area contributed by atoms with Crippen LogP contribution in [0.2, 0.25) is 0 Å². The van der Waals surface area contributed by atoms with E-state index in [4.69, 9.17) is 0 Å². The van der Waals surface area contributed by atoms with E-state index in [0.717, 1.165) is 37.1 Å². The van der Waals surface area contributed by atoms with Crippen molar-refractivity contribution in [1.82, 2.24) is 9.80 Å². The monoisotopic (exact) mass is 341 g/mol. The van der Waals surface area contributed by atoms with Gasteiger partial charge < -0.3 is 14.7 Å². The van der Waals surface area contributed by atoms with Gasteiger partial charge in [0.25, 0.3) is 5.91 Å². The fourth-order valence-corrected chi connectivity index (χ4v) is 3.72. The van der Waals surface area contributed by atoms with E-state index < -0.39 is 0 Å². The molecule has 2 fully saturated rings. The summed E-state index contributed by atoms with van der Waals surface area (Å²) in [6.45, 7) is 2.60. The van der Waals surface area contributed by atoms with Crippen molar-refractivity contribution in [2.75, 3.05) is 38.1 Å². The Labute approximate surface area is 147 Å². The van der Waals surface area contributed by atoms with Crippen LogP contribution in [-0.2, 0) is 16.0 Å². The first-order chi connectivity index (χ1) is 12.0. The molecule has 2 aliphatic heterocycles. The van der Waals surface area contributed by atoms with E-state index in [1.807, 2.05) is 21.9 Å². The lowest BCUT2D eigenvalue weighted by Gasteiger charge is -2.22. The van der Waals surface area contributed by atoms with Crippen LogP contribution in [0.25, 0.3) is 0 Å². The zero-order valence-corrected chi connectivity index (χ0v) is 14.5. The number of anilines is 1. The quantitative estimate of drug-likeness (QED) is 0.814. The number of amides is 3. The lowest BCUT2D eigenvalue weighted by molar-refractivity contribution is -0.132. The van der Waals surface area contributed by atoms with E-state index in [-0.39, 0.29) is 23.6 Å². The number of carbonyl (C=O) groups is 3. The van der Waals surface area contributed by atoms with Crippen LogP contribution in [-0.4, -0.2) is 60.7 Å². The van der Waals surface area contributed by atoms with Crippen LogP contribution in [0.5, 0.6) is 0 Å². The van der Waals surface area contributed by atoms with Gasteiger partial charge in [-0.15, -0.1) is 0 Å². The molecule has 1 aliphatic carbocycles. The summed E-state index contributed by atoms with van der Waals surface area (Å²) in [6, 6.07) is 5.50. The van der Waals surface area contributed by atoms with E-state index in [9.17, 15) is 14.4 Å². The van der Waals surface area contributed by atoms with Crippen molar-refractivity contribution in [3.05, 3.63) is 29.3 Å². The van der Waals surface area contributed by atoms with Gasteiger partial charge in [-0.1, -0.05) is 0 Å². The Kier molecular flexibility index (Phi) is 3.98. The van der Waals surface area contributed by atoms with Gasteiger partial charge in [-0.25, -0.2) is 0 Å². The van der Waals surface area contributed by atoms with Gasteiger partial charge in [0, 0.05) is 50.4 Å². The van der Waals surface area contributed by atoms with Gasteiger partial charge in [-0.05, 0) is 43.0 Å². The number of benzene rings is 1. The molecular weight excluding hydrogens is 318 g/mol. The highest BCUT2D eigenvalue weighted by molar-refractivity contribution is 6.03. The van der Waals surface area contributed by atoms with E-state index >= 15 is 0 Å². The third-order valence-electron chi connectivity index (χ3n) is 5.42. The first-order valence-corrected chi connectivity index (χ1v) is 9.02. The highest BCUT2D eigenvalue weighted by atomic mass is 16.2. The zero-order chi connectivity index (χ0) is 17.6. The molecule has 1 aromatic carbocycles. The van der Waals surface area contributed by atoms with Crippen molar-refractivity contribution in [3.8, 4) is 0 Å². The molecule has 0 spiro atoms. The molecule has 1 saturated heterocycles. The molecule has 6 nitrogen and oxygen atoms in total. The Hall–Kier alpha value is -2.37. The summed E-state index contributed by atoms with van der Waals surface area (Å²) in [5.74, 6) is 0.538. The number of hydrogen-bond donors (Lipinski definition) is 0. The number of likely N-dealkylation sites (N-methyl/N-ethyl adjacent to an activating group) is 1. The summed E-state index contributed by atoms with van der Waals surface area (Å²) in [7, 11) is 1.76. The number of fused-ring (bicyclic) bond motifs is 1. The van der Waals surface area contributed by atoms with Gasteiger partial charge in [0.05, 0.1) is 6.42 Å². The SMILES string of the molecule is CN1C(=O)Cc2cc(C(=O)N3CCCN(C(=O)C4CC4)CC3)ccc21. The maximum absolute atomic E-state index is 12.9. The zero-order valence-electron chi connectivity index (χ0n) is 14.5. The molecule has 1 saturated carbocycles. The highest BCUT2D eigenvalue weighted by Crippen LogP contribution is 2.31. The topological polar surface area (TPSA) is 60.9 Å². The average Bonchev–Trinajstić information content (AvgIpc) is 3.43. The van der Waals surface area contributed by atoms with Gasteiger partial charge in [0.15, 0.2) is 0 Å². The molecule has 0 unspecified atom stereocenters. The molecule has 0 aromatic heterocycles. The normalized spacial score (nSPS) is 20.5. The van der Waals surface area contributed by atoms with Crippen LogP contribution in [0.4, 0.5) is 5.69 Å². The maximum Gasteiger partial charge on any atom is 0.253 e. The molecule has 0 bridgehead atoms. The van der Waals surface area contributed by atoms with Crippen LogP contribution < -0.4 is 4.90 Å². The first-order valence-electron chi connectivity index (χ1n) is 9.02. The van der Waals surface area contributed by atoms with Gasteiger partial charge >= 0.3 is 0 Å². The Bertz CT molecular complexity index is 741. The van der Waals surface area contributed by atoms with Gasteiger partial charge in [0.1, 0.15) is 0 Å². The third kappa shape index (κ3) is 3.01. The molecular formula is C19H23N3O3. The van der Waals surface area contributed by atoms with Gasteiger partial charge in [0.2, 0.25) is 11.8 Å². The Morgan fingerprint density at radius 3 is 2.52 bits per heavy atom. The second-order valence-corrected chi connectivity index (χ2v) is 7.22. The molecule has 3 aliphatic rings. The second-order valence-electron chi connectivity index (χ2n) is 7.22. The van der Waals surface area contributed by atoms with Crippen LogP contribution in [0.15, 0.2) is 18.2 Å². The molecule has 132 valence electrons.